The topological polar surface area (TPSA) is 94.3 Å². The van der Waals surface area contributed by atoms with Crippen LogP contribution in [0.4, 0.5) is 0 Å². The number of amides is 1. The third-order valence-electron chi connectivity index (χ3n) is 2.66. The van der Waals surface area contributed by atoms with Crippen LogP contribution in [0.1, 0.15) is 23.0 Å². The minimum atomic E-state index is -0.410. The number of fused-ring (bicyclic) bond motifs is 1. The Kier molecular flexibility index (Phi) is 4.47. The summed E-state index contributed by atoms with van der Waals surface area (Å²) < 4.78 is 5.57. The SMILES string of the molecule is CC(N)CSCc1c(C(=O)NN)oc2ccccc12. The molecule has 1 amide bonds. The molecule has 0 aliphatic carbocycles. The standard InChI is InChI=1S/C13H17N3O2S/c1-8(14)6-19-7-10-9-4-2-3-5-11(9)18-12(10)13(17)16-15/h2-5,8H,6-7,14-15H2,1H3,(H,16,17). The van der Waals surface area contributed by atoms with Crippen LogP contribution in [0.25, 0.3) is 11.0 Å². The van der Waals surface area contributed by atoms with Gasteiger partial charge in [0.1, 0.15) is 5.58 Å². The first kappa shape index (κ1) is 13.9. The van der Waals surface area contributed by atoms with Crippen molar-refractivity contribution in [2.24, 2.45) is 11.6 Å². The number of hydrogen-bond donors (Lipinski definition) is 3. The summed E-state index contributed by atoms with van der Waals surface area (Å²) in [5.74, 6) is 6.54. The van der Waals surface area contributed by atoms with E-state index in [9.17, 15) is 4.79 Å². The van der Waals surface area contributed by atoms with Crippen LogP contribution in [0, 0.1) is 0 Å². The Labute approximate surface area is 115 Å². The third kappa shape index (κ3) is 3.09. The fourth-order valence-corrected chi connectivity index (χ4v) is 2.82. The highest BCUT2D eigenvalue weighted by atomic mass is 32.2. The molecular weight excluding hydrogens is 262 g/mol. The van der Waals surface area contributed by atoms with Crippen molar-refractivity contribution < 1.29 is 9.21 Å². The monoisotopic (exact) mass is 279 g/mol. The number of nitrogens with two attached hydrogens (primary N) is 2. The summed E-state index contributed by atoms with van der Waals surface area (Å²) in [6.45, 7) is 1.95. The van der Waals surface area contributed by atoms with Gasteiger partial charge < -0.3 is 10.2 Å². The lowest BCUT2D eigenvalue weighted by Crippen LogP contribution is -2.30. The Morgan fingerprint density at radius 1 is 1.47 bits per heavy atom. The van der Waals surface area contributed by atoms with Crippen LogP contribution in [-0.4, -0.2) is 17.7 Å². The first-order valence-corrected chi connectivity index (χ1v) is 7.13. The van der Waals surface area contributed by atoms with Gasteiger partial charge >= 0.3 is 5.91 Å². The van der Waals surface area contributed by atoms with Gasteiger partial charge in [0, 0.05) is 28.5 Å². The van der Waals surface area contributed by atoms with Crippen molar-refractivity contribution in [3.8, 4) is 0 Å². The maximum absolute atomic E-state index is 11.7. The van der Waals surface area contributed by atoms with Gasteiger partial charge in [0.15, 0.2) is 5.76 Å². The zero-order valence-electron chi connectivity index (χ0n) is 10.7. The number of nitrogen functional groups attached to an aromatic ring is 1. The molecule has 2 rings (SSSR count). The molecule has 5 N–H and O–H groups in total. The van der Waals surface area contributed by atoms with Crippen LogP contribution in [-0.2, 0) is 5.75 Å². The Balaban J connectivity index is 2.34. The van der Waals surface area contributed by atoms with Crippen LogP contribution in [0.2, 0.25) is 0 Å². The van der Waals surface area contributed by atoms with E-state index in [1.165, 1.54) is 0 Å². The molecule has 102 valence electrons. The number of carbonyl (C=O) groups is 1. The van der Waals surface area contributed by atoms with E-state index in [1.54, 1.807) is 11.8 Å². The molecule has 1 aromatic carbocycles. The second-order valence-electron chi connectivity index (χ2n) is 4.37. The number of hydrogen-bond acceptors (Lipinski definition) is 5. The molecule has 0 bridgehead atoms. The van der Waals surface area contributed by atoms with Gasteiger partial charge in [-0.3, -0.25) is 10.2 Å². The summed E-state index contributed by atoms with van der Waals surface area (Å²) in [5, 5.41) is 0.943. The summed E-state index contributed by atoms with van der Waals surface area (Å²) in [6, 6.07) is 7.68. The fourth-order valence-electron chi connectivity index (χ4n) is 1.84. The molecule has 0 saturated carbocycles. The summed E-state index contributed by atoms with van der Waals surface area (Å²) in [6.07, 6.45) is 0. The average Bonchev–Trinajstić information content (AvgIpc) is 2.77. The fraction of sp³-hybridized carbons (Fsp3) is 0.308. The third-order valence-corrected chi connectivity index (χ3v) is 3.92. The van der Waals surface area contributed by atoms with Crippen LogP contribution in [0.3, 0.4) is 0 Å². The van der Waals surface area contributed by atoms with E-state index in [-0.39, 0.29) is 11.8 Å². The molecule has 0 aliphatic rings. The van der Waals surface area contributed by atoms with Gasteiger partial charge in [0.05, 0.1) is 0 Å². The molecule has 1 aromatic heterocycles. The number of rotatable bonds is 5. The van der Waals surface area contributed by atoms with E-state index in [4.69, 9.17) is 16.0 Å². The van der Waals surface area contributed by atoms with Crippen LogP contribution in [0.5, 0.6) is 0 Å². The van der Waals surface area contributed by atoms with Crippen molar-refractivity contribution in [1.82, 2.24) is 5.43 Å². The minimum Gasteiger partial charge on any atom is -0.451 e. The lowest BCUT2D eigenvalue weighted by molar-refractivity contribution is 0.0927. The largest absolute Gasteiger partial charge is 0.451 e. The zero-order valence-corrected chi connectivity index (χ0v) is 11.5. The van der Waals surface area contributed by atoms with Gasteiger partial charge in [-0.25, -0.2) is 5.84 Å². The predicted octanol–water partition coefficient (Wildman–Crippen LogP) is 1.62. The second kappa shape index (κ2) is 6.10. The van der Waals surface area contributed by atoms with E-state index in [1.807, 2.05) is 31.2 Å². The highest BCUT2D eigenvalue weighted by Gasteiger charge is 2.19. The number of thioether (sulfide) groups is 1. The van der Waals surface area contributed by atoms with Crippen molar-refractivity contribution in [2.75, 3.05) is 5.75 Å². The molecule has 1 unspecified atom stereocenters. The molecule has 1 atom stereocenters. The summed E-state index contributed by atoms with van der Waals surface area (Å²) in [5.41, 5.74) is 9.40. The number of hydrazine groups is 1. The van der Waals surface area contributed by atoms with Gasteiger partial charge in [-0.1, -0.05) is 18.2 Å². The first-order valence-electron chi connectivity index (χ1n) is 5.98. The number of para-hydroxylation sites is 1. The molecule has 0 saturated heterocycles. The second-order valence-corrected chi connectivity index (χ2v) is 5.40. The van der Waals surface area contributed by atoms with Crippen molar-refractivity contribution in [2.45, 2.75) is 18.7 Å². The predicted molar refractivity (Wildman–Crippen MR) is 77.7 cm³/mol. The quantitative estimate of drug-likeness (QED) is 0.439. The van der Waals surface area contributed by atoms with E-state index in [0.717, 1.165) is 16.7 Å². The Hall–Kier alpha value is -1.50. The van der Waals surface area contributed by atoms with Crippen molar-refractivity contribution in [1.29, 1.82) is 0 Å². The van der Waals surface area contributed by atoms with E-state index < -0.39 is 5.91 Å². The minimum absolute atomic E-state index is 0.120. The van der Waals surface area contributed by atoms with Crippen LogP contribution >= 0.6 is 11.8 Å². The molecule has 0 aliphatic heterocycles. The molecule has 0 spiro atoms. The molecule has 0 radical (unpaired) electrons. The highest BCUT2D eigenvalue weighted by Crippen LogP contribution is 2.29. The number of nitrogens with one attached hydrogen (secondary N) is 1. The van der Waals surface area contributed by atoms with Crippen LogP contribution in [0.15, 0.2) is 28.7 Å². The maximum atomic E-state index is 11.7. The first-order chi connectivity index (χ1) is 9.13. The van der Waals surface area contributed by atoms with Crippen LogP contribution < -0.4 is 17.0 Å². The molecule has 2 aromatic rings. The van der Waals surface area contributed by atoms with Gasteiger partial charge in [0.2, 0.25) is 0 Å². The summed E-state index contributed by atoms with van der Waals surface area (Å²) in [4.78, 5) is 11.7. The lowest BCUT2D eigenvalue weighted by atomic mass is 10.1. The zero-order chi connectivity index (χ0) is 13.8. The Bertz CT molecular complexity index is 580. The van der Waals surface area contributed by atoms with E-state index >= 15 is 0 Å². The number of benzene rings is 1. The Morgan fingerprint density at radius 3 is 2.89 bits per heavy atom. The van der Waals surface area contributed by atoms with Gasteiger partial charge in [-0.15, -0.1) is 0 Å². The van der Waals surface area contributed by atoms with Crippen molar-refractivity contribution in [3.05, 3.63) is 35.6 Å². The molecule has 6 heteroatoms. The maximum Gasteiger partial charge on any atom is 0.301 e. The smallest absolute Gasteiger partial charge is 0.301 e. The summed E-state index contributed by atoms with van der Waals surface area (Å²) in [7, 11) is 0. The van der Waals surface area contributed by atoms with E-state index in [2.05, 4.69) is 5.43 Å². The Morgan fingerprint density at radius 2 is 2.21 bits per heavy atom. The van der Waals surface area contributed by atoms with Gasteiger partial charge in [0.25, 0.3) is 0 Å². The van der Waals surface area contributed by atoms with Crippen molar-refractivity contribution >= 4 is 28.6 Å². The molecule has 1 heterocycles. The lowest BCUT2D eigenvalue weighted by Gasteiger charge is -2.05. The normalized spacial score (nSPS) is 12.6. The summed E-state index contributed by atoms with van der Waals surface area (Å²) >= 11 is 1.67. The van der Waals surface area contributed by atoms with Gasteiger partial charge in [-0.2, -0.15) is 11.8 Å². The van der Waals surface area contributed by atoms with Gasteiger partial charge in [-0.05, 0) is 13.0 Å². The van der Waals surface area contributed by atoms with Crippen molar-refractivity contribution in [3.63, 3.8) is 0 Å². The molecular formula is C13H17N3O2S. The highest BCUT2D eigenvalue weighted by molar-refractivity contribution is 7.98. The van der Waals surface area contributed by atoms with E-state index in [0.29, 0.717) is 11.3 Å². The molecule has 0 fully saturated rings. The average molecular weight is 279 g/mol. The number of carbonyl (C=O) groups excluding carboxylic acids is 1. The molecule has 19 heavy (non-hydrogen) atoms. The molecule has 5 nitrogen and oxygen atoms in total. The number of furan rings is 1.